The number of fused-ring (bicyclic) bond motifs is 1. The van der Waals surface area contributed by atoms with Gasteiger partial charge in [-0.25, -0.2) is 4.68 Å². The first-order chi connectivity index (χ1) is 12.7. The number of unbranched alkanes of at least 4 members (excludes halogenated alkanes) is 1. The number of allylic oxidation sites excluding steroid dienone is 2. The van der Waals surface area contributed by atoms with Crippen LogP contribution in [0.1, 0.15) is 50.6 Å². The zero-order valence-electron chi connectivity index (χ0n) is 14.7. The Hall–Kier alpha value is -1.79. The lowest BCUT2D eigenvalue weighted by Crippen LogP contribution is -2.31. The standard InChI is InChI=1S/C19H21ClN4OS/c1-2-3-10-26-19-22-18-21-14-8-5-9-15(25)16(14)17(24(18)23-19)12-6-4-7-13(20)11-12/h4,6-7,11,17H,2-3,5,8-10H2,1H3,(H,21,22,23). The van der Waals surface area contributed by atoms with Gasteiger partial charge in [-0.3, -0.25) is 4.79 Å². The van der Waals surface area contributed by atoms with Crippen LogP contribution >= 0.6 is 23.4 Å². The lowest BCUT2D eigenvalue weighted by atomic mass is 9.85. The van der Waals surface area contributed by atoms with Gasteiger partial charge in [0, 0.05) is 28.5 Å². The first-order valence-electron chi connectivity index (χ1n) is 9.05. The number of hydrogen-bond donors (Lipinski definition) is 1. The maximum Gasteiger partial charge on any atom is 0.227 e. The average Bonchev–Trinajstić information content (AvgIpc) is 3.02. The maximum absolute atomic E-state index is 12.7. The van der Waals surface area contributed by atoms with Crippen LogP contribution in [0.4, 0.5) is 5.95 Å². The van der Waals surface area contributed by atoms with Crippen molar-refractivity contribution in [3.8, 4) is 0 Å². The number of aromatic nitrogens is 3. The first kappa shape index (κ1) is 17.6. The topological polar surface area (TPSA) is 59.8 Å². The Morgan fingerprint density at radius 1 is 1.38 bits per heavy atom. The molecule has 0 radical (unpaired) electrons. The fraction of sp³-hybridized carbons (Fsp3) is 0.421. The third-order valence-corrected chi connectivity index (χ3v) is 5.90. The third-order valence-electron chi connectivity index (χ3n) is 4.74. The Kier molecular flexibility index (Phi) is 5.05. The van der Waals surface area contributed by atoms with E-state index in [0.717, 1.165) is 53.4 Å². The van der Waals surface area contributed by atoms with E-state index >= 15 is 0 Å². The first-order valence-corrected chi connectivity index (χ1v) is 10.4. The van der Waals surface area contributed by atoms with Crippen LogP contribution in [0.15, 0.2) is 40.7 Å². The van der Waals surface area contributed by atoms with Crippen LogP contribution in [-0.4, -0.2) is 26.3 Å². The molecule has 1 aliphatic heterocycles. The van der Waals surface area contributed by atoms with E-state index in [4.69, 9.17) is 16.7 Å². The van der Waals surface area contributed by atoms with Crippen LogP contribution in [0, 0.1) is 0 Å². The van der Waals surface area contributed by atoms with Crippen molar-refractivity contribution in [1.82, 2.24) is 14.8 Å². The van der Waals surface area contributed by atoms with E-state index in [1.165, 1.54) is 0 Å². The van der Waals surface area contributed by atoms with Crippen molar-refractivity contribution in [2.45, 2.75) is 50.2 Å². The van der Waals surface area contributed by atoms with Crippen LogP contribution in [0.5, 0.6) is 0 Å². The van der Waals surface area contributed by atoms with E-state index in [0.29, 0.717) is 17.4 Å². The largest absolute Gasteiger partial charge is 0.328 e. The Labute approximate surface area is 162 Å². The highest BCUT2D eigenvalue weighted by molar-refractivity contribution is 7.99. The van der Waals surface area contributed by atoms with Gasteiger partial charge in [0.05, 0.1) is 0 Å². The molecule has 0 amide bonds. The highest BCUT2D eigenvalue weighted by atomic mass is 35.5. The summed E-state index contributed by atoms with van der Waals surface area (Å²) in [6.07, 6.45) is 4.60. The highest BCUT2D eigenvalue weighted by Crippen LogP contribution is 2.40. The number of Topliss-reactive ketones (excluding diaryl/α,β-unsaturated/α-hetero) is 1. The number of nitrogens with zero attached hydrogens (tertiary/aromatic N) is 3. The molecule has 2 heterocycles. The molecular weight excluding hydrogens is 368 g/mol. The second-order valence-electron chi connectivity index (χ2n) is 6.62. The summed E-state index contributed by atoms with van der Waals surface area (Å²) < 4.78 is 1.85. The minimum Gasteiger partial charge on any atom is -0.328 e. The molecule has 0 saturated carbocycles. The number of anilines is 1. The Bertz CT molecular complexity index is 876. The van der Waals surface area contributed by atoms with E-state index in [-0.39, 0.29) is 11.8 Å². The molecule has 1 atom stereocenters. The van der Waals surface area contributed by atoms with Gasteiger partial charge in [-0.1, -0.05) is 48.8 Å². The number of halogens is 1. The van der Waals surface area contributed by atoms with Gasteiger partial charge in [-0.2, -0.15) is 4.98 Å². The molecule has 0 spiro atoms. The normalized spacial score (nSPS) is 19.2. The predicted octanol–water partition coefficient (Wildman–Crippen LogP) is 4.85. The minimum atomic E-state index is -0.263. The number of thioether (sulfide) groups is 1. The van der Waals surface area contributed by atoms with Crippen molar-refractivity contribution >= 4 is 35.1 Å². The van der Waals surface area contributed by atoms with Gasteiger partial charge in [0.2, 0.25) is 11.1 Å². The minimum absolute atomic E-state index is 0.185. The Balaban J connectivity index is 1.77. The fourth-order valence-electron chi connectivity index (χ4n) is 3.49. The number of carbonyl (C=O) groups is 1. The summed E-state index contributed by atoms with van der Waals surface area (Å²) in [6.45, 7) is 2.17. The molecule has 1 aromatic heterocycles. The van der Waals surface area contributed by atoms with Crippen molar-refractivity contribution in [2.75, 3.05) is 11.1 Å². The third kappa shape index (κ3) is 3.28. The average molecular weight is 389 g/mol. The number of benzene rings is 1. The lowest BCUT2D eigenvalue weighted by Gasteiger charge is -2.32. The van der Waals surface area contributed by atoms with Crippen molar-refractivity contribution in [2.24, 2.45) is 0 Å². The number of hydrogen-bond acceptors (Lipinski definition) is 5. The SMILES string of the molecule is CCCCSc1nc2n(n1)C(c1cccc(Cl)c1)C1=C(CCCC1=O)N2. The summed E-state index contributed by atoms with van der Waals surface area (Å²) in [5, 5.41) is 9.48. The van der Waals surface area contributed by atoms with E-state index in [9.17, 15) is 4.79 Å². The van der Waals surface area contributed by atoms with Gasteiger partial charge in [0.25, 0.3) is 0 Å². The van der Waals surface area contributed by atoms with Gasteiger partial charge in [-0.15, -0.1) is 5.10 Å². The van der Waals surface area contributed by atoms with Crippen LogP contribution in [0.2, 0.25) is 5.02 Å². The van der Waals surface area contributed by atoms with Gasteiger partial charge in [-0.05, 0) is 37.0 Å². The molecule has 5 nitrogen and oxygen atoms in total. The second kappa shape index (κ2) is 7.45. The molecule has 1 aromatic carbocycles. The van der Waals surface area contributed by atoms with Crippen LogP contribution in [0.3, 0.4) is 0 Å². The molecule has 1 unspecified atom stereocenters. The zero-order chi connectivity index (χ0) is 18.1. The molecule has 136 valence electrons. The van der Waals surface area contributed by atoms with Gasteiger partial charge in [0.1, 0.15) is 6.04 Å². The van der Waals surface area contributed by atoms with Crippen LogP contribution in [0.25, 0.3) is 0 Å². The Morgan fingerprint density at radius 2 is 2.27 bits per heavy atom. The van der Waals surface area contributed by atoms with Gasteiger partial charge >= 0.3 is 0 Å². The van der Waals surface area contributed by atoms with Gasteiger partial charge < -0.3 is 5.32 Å². The molecule has 4 rings (SSSR count). The lowest BCUT2D eigenvalue weighted by molar-refractivity contribution is -0.116. The smallest absolute Gasteiger partial charge is 0.227 e. The summed E-state index contributed by atoms with van der Waals surface area (Å²) in [6, 6.07) is 7.42. The number of rotatable bonds is 5. The molecule has 0 saturated heterocycles. The van der Waals surface area contributed by atoms with Crippen molar-refractivity contribution < 1.29 is 4.79 Å². The number of nitrogens with one attached hydrogen (secondary N) is 1. The quantitative estimate of drug-likeness (QED) is 0.586. The number of ketones is 1. The monoisotopic (exact) mass is 388 g/mol. The van der Waals surface area contributed by atoms with E-state index < -0.39 is 0 Å². The molecule has 26 heavy (non-hydrogen) atoms. The van der Waals surface area contributed by atoms with Crippen molar-refractivity contribution in [3.05, 3.63) is 46.1 Å². The second-order valence-corrected chi connectivity index (χ2v) is 8.11. The number of carbonyl (C=O) groups excluding carboxylic acids is 1. The molecular formula is C19H21ClN4OS. The van der Waals surface area contributed by atoms with Crippen molar-refractivity contribution in [3.63, 3.8) is 0 Å². The van der Waals surface area contributed by atoms with E-state index in [1.54, 1.807) is 11.8 Å². The molecule has 0 bridgehead atoms. The molecule has 0 fully saturated rings. The summed E-state index contributed by atoms with van der Waals surface area (Å²) in [5.41, 5.74) is 2.76. The summed E-state index contributed by atoms with van der Waals surface area (Å²) in [5.74, 6) is 1.89. The molecule has 2 aromatic rings. The summed E-state index contributed by atoms with van der Waals surface area (Å²) in [4.78, 5) is 17.4. The van der Waals surface area contributed by atoms with Crippen LogP contribution < -0.4 is 5.32 Å². The summed E-state index contributed by atoms with van der Waals surface area (Å²) in [7, 11) is 0. The fourth-order valence-corrected chi connectivity index (χ4v) is 4.60. The molecule has 2 aliphatic rings. The van der Waals surface area contributed by atoms with E-state index in [1.807, 2.05) is 28.9 Å². The maximum atomic E-state index is 12.7. The molecule has 1 aliphatic carbocycles. The molecule has 1 N–H and O–H groups in total. The van der Waals surface area contributed by atoms with Crippen LogP contribution in [-0.2, 0) is 4.79 Å². The van der Waals surface area contributed by atoms with Crippen molar-refractivity contribution in [1.29, 1.82) is 0 Å². The van der Waals surface area contributed by atoms with E-state index in [2.05, 4.69) is 17.2 Å². The molecule has 7 heteroatoms. The highest BCUT2D eigenvalue weighted by Gasteiger charge is 2.36. The predicted molar refractivity (Wildman–Crippen MR) is 105 cm³/mol. The van der Waals surface area contributed by atoms with Gasteiger partial charge in [0.15, 0.2) is 5.78 Å². The Morgan fingerprint density at radius 3 is 3.08 bits per heavy atom. The summed E-state index contributed by atoms with van der Waals surface area (Å²) >= 11 is 7.89. The zero-order valence-corrected chi connectivity index (χ0v) is 16.2.